The van der Waals surface area contributed by atoms with Gasteiger partial charge in [0.2, 0.25) is 0 Å². The summed E-state index contributed by atoms with van der Waals surface area (Å²) in [7, 11) is -0.242. The van der Waals surface area contributed by atoms with Crippen molar-refractivity contribution in [2.75, 3.05) is 26.4 Å². The second kappa shape index (κ2) is 4.87. The van der Waals surface area contributed by atoms with Crippen molar-refractivity contribution in [3.63, 3.8) is 0 Å². The van der Waals surface area contributed by atoms with Crippen LogP contribution in [0.5, 0.6) is 0 Å². The zero-order chi connectivity index (χ0) is 13.3. The van der Waals surface area contributed by atoms with Gasteiger partial charge in [-0.3, -0.25) is 0 Å². The number of anilines is 1. The van der Waals surface area contributed by atoms with Gasteiger partial charge in [-0.05, 0) is 30.5 Å². The fourth-order valence-electron chi connectivity index (χ4n) is 2.33. The molecule has 1 fully saturated rings. The first-order valence-electron chi connectivity index (χ1n) is 5.97. The third kappa shape index (κ3) is 2.36. The van der Waals surface area contributed by atoms with Crippen LogP contribution in [0.15, 0.2) is 24.3 Å². The van der Waals surface area contributed by atoms with Gasteiger partial charge in [0.1, 0.15) is 0 Å². The van der Waals surface area contributed by atoms with Crippen LogP contribution in [0.3, 0.4) is 0 Å². The van der Waals surface area contributed by atoms with Crippen LogP contribution in [0.25, 0.3) is 0 Å². The van der Waals surface area contributed by atoms with Crippen molar-refractivity contribution >= 4 is 15.9 Å². The average Bonchev–Trinajstić information content (AvgIpc) is 2.78. The second-order valence-corrected chi connectivity index (χ2v) is 6.82. The van der Waals surface area contributed by atoms with Crippen LogP contribution in [0.4, 0.5) is 5.69 Å². The highest BCUT2D eigenvalue weighted by atomic mass is 32.2. The van der Waals surface area contributed by atoms with E-state index in [1.54, 1.807) is 18.4 Å². The third-order valence-corrected chi connectivity index (χ3v) is 5.21. The maximum Gasteiger partial charge on any atom is 0.282 e. The van der Waals surface area contributed by atoms with Crippen LogP contribution in [-0.2, 0) is 10.2 Å². The highest BCUT2D eigenvalue weighted by Gasteiger charge is 2.36. The summed E-state index contributed by atoms with van der Waals surface area (Å²) >= 11 is 0. The van der Waals surface area contributed by atoms with Gasteiger partial charge in [-0.15, -0.1) is 0 Å². The fourth-order valence-corrected chi connectivity index (χ4v) is 3.65. The van der Waals surface area contributed by atoms with E-state index in [2.05, 4.69) is 0 Å². The lowest BCUT2D eigenvalue weighted by atomic mass is 10.1. The minimum Gasteiger partial charge on any atom is -0.399 e. The van der Waals surface area contributed by atoms with Crippen molar-refractivity contribution < 1.29 is 8.42 Å². The predicted octanol–water partition coefficient (Wildman–Crippen LogP) is 1.21. The van der Waals surface area contributed by atoms with Gasteiger partial charge in [-0.1, -0.05) is 12.1 Å². The molecule has 0 bridgehead atoms. The van der Waals surface area contributed by atoms with Gasteiger partial charge in [0.15, 0.2) is 0 Å². The number of hydrogen-bond donors (Lipinski definition) is 1. The Labute approximate surface area is 108 Å². The van der Waals surface area contributed by atoms with Crippen LogP contribution in [0.1, 0.15) is 24.4 Å². The van der Waals surface area contributed by atoms with Crippen LogP contribution >= 0.6 is 0 Å². The fraction of sp³-hybridized carbons (Fsp3) is 0.500. The molecule has 1 saturated heterocycles. The van der Waals surface area contributed by atoms with E-state index >= 15 is 0 Å². The Kier molecular flexibility index (Phi) is 3.61. The molecular formula is C12H19N3O2S. The van der Waals surface area contributed by atoms with E-state index in [0.717, 1.165) is 18.4 Å². The molecule has 1 aromatic carbocycles. The largest absolute Gasteiger partial charge is 0.399 e. The van der Waals surface area contributed by atoms with Crippen molar-refractivity contribution in [2.45, 2.75) is 18.9 Å². The van der Waals surface area contributed by atoms with Gasteiger partial charge in [0, 0.05) is 26.3 Å². The van der Waals surface area contributed by atoms with E-state index in [4.69, 9.17) is 5.73 Å². The van der Waals surface area contributed by atoms with Gasteiger partial charge < -0.3 is 5.73 Å². The molecule has 1 aliphatic heterocycles. The van der Waals surface area contributed by atoms with Gasteiger partial charge in [0.05, 0.1) is 6.04 Å². The first kappa shape index (κ1) is 13.3. The third-order valence-electron chi connectivity index (χ3n) is 3.26. The van der Waals surface area contributed by atoms with Crippen molar-refractivity contribution in [1.82, 2.24) is 8.61 Å². The smallest absolute Gasteiger partial charge is 0.282 e. The molecule has 0 aromatic heterocycles. The highest BCUT2D eigenvalue weighted by Crippen LogP contribution is 2.35. The quantitative estimate of drug-likeness (QED) is 0.839. The summed E-state index contributed by atoms with van der Waals surface area (Å²) in [6.07, 6.45) is 1.73. The standard InChI is InChI=1S/C12H19N3O2S/c1-14(2)18(16,17)15-8-4-7-12(15)10-5-3-6-11(13)9-10/h3,5-6,9,12H,4,7-8,13H2,1-2H3. The highest BCUT2D eigenvalue weighted by molar-refractivity contribution is 7.86. The second-order valence-electron chi connectivity index (χ2n) is 4.73. The molecule has 0 saturated carbocycles. The lowest BCUT2D eigenvalue weighted by Crippen LogP contribution is -2.39. The van der Waals surface area contributed by atoms with Gasteiger partial charge in [-0.2, -0.15) is 17.0 Å². The van der Waals surface area contributed by atoms with Crippen LogP contribution < -0.4 is 5.73 Å². The van der Waals surface area contributed by atoms with Gasteiger partial charge in [0.25, 0.3) is 10.2 Å². The van der Waals surface area contributed by atoms with E-state index in [9.17, 15) is 8.42 Å². The Morgan fingerprint density at radius 3 is 2.72 bits per heavy atom. The van der Waals surface area contributed by atoms with E-state index in [1.165, 1.54) is 4.31 Å². The van der Waals surface area contributed by atoms with Crippen molar-refractivity contribution in [2.24, 2.45) is 0 Å². The minimum atomic E-state index is -3.36. The normalized spacial score (nSPS) is 21.6. The maximum absolute atomic E-state index is 12.2. The van der Waals surface area contributed by atoms with Crippen LogP contribution in [-0.4, -0.2) is 37.7 Å². The molecular weight excluding hydrogens is 250 g/mol. The van der Waals surface area contributed by atoms with Crippen LogP contribution in [0.2, 0.25) is 0 Å². The molecule has 1 aromatic rings. The van der Waals surface area contributed by atoms with Crippen molar-refractivity contribution in [1.29, 1.82) is 0 Å². The molecule has 1 unspecified atom stereocenters. The maximum atomic E-state index is 12.2. The summed E-state index contributed by atoms with van der Waals surface area (Å²) in [4.78, 5) is 0. The zero-order valence-corrected chi connectivity index (χ0v) is 11.5. The molecule has 0 radical (unpaired) electrons. The monoisotopic (exact) mass is 269 g/mol. The molecule has 5 nitrogen and oxygen atoms in total. The Balaban J connectivity index is 2.34. The Morgan fingerprint density at radius 2 is 2.11 bits per heavy atom. The van der Waals surface area contributed by atoms with E-state index in [-0.39, 0.29) is 6.04 Å². The Bertz CT molecular complexity index is 528. The van der Waals surface area contributed by atoms with E-state index < -0.39 is 10.2 Å². The lowest BCUT2D eigenvalue weighted by Gasteiger charge is -2.27. The lowest BCUT2D eigenvalue weighted by molar-refractivity contribution is 0.362. The number of nitrogen functional groups attached to an aromatic ring is 1. The number of rotatable bonds is 3. The summed E-state index contributed by atoms with van der Waals surface area (Å²) in [5.74, 6) is 0. The summed E-state index contributed by atoms with van der Waals surface area (Å²) in [5.41, 5.74) is 7.40. The summed E-state index contributed by atoms with van der Waals surface area (Å²) in [5, 5.41) is 0. The van der Waals surface area contributed by atoms with Crippen molar-refractivity contribution in [3.05, 3.63) is 29.8 Å². The van der Waals surface area contributed by atoms with Gasteiger partial charge in [-0.25, -0.2) is 0 Å². The summed E-state index contributed by atoms with van der Waals surface area (Å²) in [6, 6.07) is 7.37. The number of benzene rings is 1. The minimum absolute atomic E-state index is 0.0964. The molecule has 1 heterocycles. The van der Waals surface area contributed by atoms with E-state index in [1.807, 2.05) is 24.3 Å². The molecule has 1 aliphatic rings. The molecule has 2 N–H and O–H groups in total. The van der Waals surface area contributed by atoms with Crippen LogP contribution in [0, 0.1) is 0 Å². The number of nitrogens with zero attached hydrogens (tertiary/aromatic N) is 2. The first-order chi connectivity index (χ1) is 8.43. The topological polar surface area (TPSA) is 66.6 Å². The van der Waals surface area contributed by atoms with Gasteiger partial charge >= 0.3 is 0 Å². The van der Waals surface area contributed by atoms with Crippen molar-refractivity contribution in [3.8, 4) is 0 Å². The average molecular weight is 269 g/mol. The molecule has 2 rings (SSSR count). The SMILES string of the molecule is CN(C)S(=O)(=O)N1CCCC1c1cccc(N)c1. The number of nitrogens with two attached hydrogens (primary N) is 1. The Hall–Kier alpha value is -1.11. The molecule has 0 aliphatic carbocycles. The molecule has 100 valence electrons. The molecule has 0 spiro atoms. The molecule has 18 heavy (non-hydrogen) atoms. The first-order valence-corrected chi connectivity index (χ1v) is 7.37. The summed E-state index contributed by atoms with van der Waals surface area (Å²) in [6.45, 7) is 0.569. The zero-order valence-electron chi connectivity index (χ0n) is 10.7. The van der Waals surface area contributed by atoms with E-state index in [0.29, 0.717) is 12.2 Å². The molecule has 0 amide bonds. The Morgan fingerprint density at radius 1 is 1.39 bits per heavy atom. The number of hydrogen-bond acceptors (Lipinski definition) is 3. The summed E-state index contributed by atoms with van der Waals surface area (Å²) < 4.78 is 27.3. The molecule has 1 atom stereocenters. The predicted molar refractivity (Wildman–Crippen MR) is 72.1 cm³/mol. The molecule has 6 heteroatoms.